The summed E-state index contributed by atoms with van der Waals surface area (Å²) in [5.41, 5.74) is 1.98. The van der Waals surface area contributed by atoms with Gasteiger partial charge >= 0.3 is 6.03 Å². The average molecular weight is 382 g/mol. The summed E-state index contributed by atoms with van der Waals surface area (Å²) in [4.78, 5) is 44.6. The summed E-state index contributed by atoms with van der Waals surface area (Å²) < 4.78 is 0. The third-order valence-corrected chi connectivity index (χ3v) is 5.50. The van der Waals surface area contributed by atoms with Crippen molar-refractivity contribution >= 4 is 28.7 Å². The predicted octanol–water partition coefficient (Wildman–Crippen LogP) is 0.491. The van der Waals surface area contributed by atoms with Crippen molar-refractivity contribution in [1.29, 1.82) is 0 Å². The summed E-state index contributed by atoms with van der Waals surface area (Å²) in [6.07, 6.45) is 1.73. The van der Waals surface area contributed by atoms with Crippen molar-refractivity contribution < 1.29 is 19.5 Å². The number of nitrogens with zero attached hydrogens (tertiary/aromatic N) is 4. The Morgan fingerprint density at radius 2 is 2.00 bits per heavy atom. The highest BCUT2D eigenvalue weighted by atomic mass is 16.3. The first kappa shape index (κ1) is 18.4. The Hall–Kier alpha value is -3.00. The van der Waals surface area contributed by atoms with Gasteiger partial charge in [0.15, 0.2) is 0 Å². The molecule has 0 aliphatic carbocycles. The van der Waals surface area contributed by atoms with Crippen LogP contribution < -0.4 is 0 Å². The number of imide groups is 1. The number of likely N-dealkylation sites (tertiary alicyclic amines) is 1. The number of rotatable bonds is 4. The minimum absolute atomic E-state index is 0.00746. The van der Waals surface area contributed by atoms with Crippen LogP contribution in [0, 0.1) is 5.92 Å². The number of hydrogen-bond donors (Lipinski definition) is 1. The van der Waals surface area contributed by atoms with Crippen LogP contribution in [0.5, 0.6) is 0 Å². The summed E-state index contributed by atoms with van der Waals surface area (Å²) in [6, 6.07) is 9.32. The number of carbonyl (C=O) groups is 3. The van der Waals surface area contributed by atoms with Crippen molar-refractivity contribution in [2.24, 2.45) is 5.92 Å². The molecule has 0 spiro atoms. The number of carbonyl (C=O) groups excluding carboxylic acids is 3. The van der Waals surface area contributed by atoms with Gasteiger partial charge in [-0.1, -0.05) is 18.2 Å². The number of pyridine rings is 1. The summed E-state index contributed by atoms with van der Waals surface area (Å²) in [7, 11) is 1.53. The average Bonchev–Trinajstić information content (AvgIpc) is 3.16. The molecule has 28 heavy (non-hydrogen) atoms. The fourth-order valence-corrected chi connectivity index (χ4v) is 3.93. The summed E-state index contributed by atoms with van der Waals surface area (Å²) in [5.74, 6) is -0.805. The van der Waals surface area contributed by atoms with Gasteiger partial charge in [0.05, 0.1) is 11.6 Å². The van der Waals surface area contributed by atoms with Crippen molar-refractivity contribution in [2.45, 2.75) is 12.5 Å². The normalized spacial score (nSPS) is 22.6. The second-order valence-electron chi connectivity index (χ2n) is 7.44. The van der Waals surface area contributed by atoms with Crippen LogP contribution in [0.15, 0.2) is 36.5 Å². The van der Waals surface area contributed by atoms with Crippen molar-refractivity contribution in [3.8, 4) is 0 Å². The number of fused-ring (bicyclic) bond motifs is 1. The Labute approximate surface area is 162 Å². The SMILES string of the molecule is CN1CC(=O)N(CC(=O)N2C[C@@H](Cc3ccnc4ccccc34)[C@@H](O)C2)C1=O. The molecule has 2 aliphatic rings. The lowest BCUT2D eigenvalue weighted by atomic mass is 9.94. The predicted molar refractivity (Wildman–Crippen MR) is 101 cm³/mol. The van der Waals surface area contributed by atoms with E-state index in [2.05, 4.69) is 4.98 Å². The number of aliphatic hydroxyl groups is 1. The second kappa shape index (κ2) is 7.20. The summed E-state index contributed by atoms with van der Waals surface area (Å²) in [6.45, 7) is 0.313. The Morgan fingerprint density at radius 1 is 1.21 bits per heavy atom. The largest absolute Gasteiger partial charge is 0.391 e. The highest BCUT2D eigenvalue weighted by molar-refractivity contribution is 6.04. The lowest BCUT2D eigenvalue weighted by Gasteiger charge is -2.20. The smallest absolute Gasteiger partial charge is 0.327 e. The number of hydrogen-bond acceptors (Lipinski definition) is 5. The Kier molecular flexibility index (Phi) is 4.72. The Balaban J connectivity index is 1.44. The van der Waals surface area contributed by atoms with Gasteiger partial charge in [0, 0.05) is 37.6 Å². The highest BCUT2D eigenvalue weighted by Gasteiger charge is 2.39. The molecule has 1 aromatic carbocycles. The second-order valence-corrected chi connectivity index (χ2v) is 7.44. The number of likely N-dealkylation sites (N-methyl/N-ethyl adjacent to an activating group) is 1. The van der Waals surface area contributed by atoms with Crippen LogP contribution >= 0.6 is 0 Å². The molecule has 4 amide bonds. The topological polar surface area (TPSA) is 94.1 Å². The van der Waals surface area contributed by atoms with E-state index >= 15 is 0 Å². The molecule has 4 rings (SSSR count). The molecule has 0 bridgehead atoms. The monoisotopic (exact) mass is 382 g/mol. The van der Waals surface area contributed by atoms with E-state index < -0.39 is 12.1 Å². The number of β-amino-alcohol motifs (C(OH)–C–C–N with tert-alkyl or cyclic N) is 1. The molecule has 0 radical (unpaired) electrons. The van der Waals surface area contributed by atoms with Crippen LogP contribution in [0.25, 0.3) is 10.9 Å². The van der Waals surface area contributed by atoms with E-state index in [4.69, 9.17) is 0 Å². The van der Waals surface area contributed by atoms with E-state index in [0.717, 1.165) is 21.4 Å². The van der Waals surface area contributed by atoms with Gasteiger partial charge < -0.3 is 14.9 Å². The van der Waals surface area contributed by atoms with Crippen molar-refractivity contribution in [1.82, 2.24) is 19.7 Å². The lowest BCUT2D eigenvalue weighted by molar-refractivity contribution is -0.136. The Morgan fingerprint density at radius 3 is 2.75 bits per heavy atom. The summed E-state index contributed by atoms with van der Waals surface area (Å²) >= 11 is 0. The van der Waals surface area contributed by atoms with E-state index in [1.807, 2.05) is 30.3 Å². The van der Waals surface area contributed by atoms with E-state index in [9.17, 15) is 19.5 Å². The molecule has 0 unspecified atom stereocenters. The maximum atomic E-state index is 12.6. The maximum Gasteiger partial charge on any atom is 0.327 e. The molecule has 8 heteroatoms. The van der Waals surface area contributed by atoms with Crippen molar-refractivity contribution in [3.63, 3.8) is 0 Å². The number of benzene rings is 1. The molecule has 2 aliphatic heterocycles. The Bertz CT molecular complexity index is 941. The van der Waals surface area contributed by atoms with Crippen LogP contribution in [0.3, 0.4) is 0 Å². The van der Waals surface area contributed by atoms with Gasteiger partial charge in [-0.25, -0.2) is 4.79 Å². The maximum absolute atomic E-state index is 12.6. The third-order valence-electron chi connectivity index (χ3n) is 5.50. The molecule has 2 aromatic rings. The molecule has 8 nitrogen and oxygen atoms in total. The molecule has 146 valence electrons. The number of aromatic nitrogens is 1. The van der Waals surface area contributed by atoms with Crippen LogP contribution in [-0.4, -0.2) is 82.0 Å². The molecule has 2 fully saturated rings. The van der Waals surface area contributed by atoms with Gasteiger partial charge in [-0.15, -0.1) is 0 Å². The van der Waals surface area contributed by atoms with Gasteiger partial charge in [-0.3, -0.25) is 19.5 Å². The zero-order valence-corrected chi connectivity index (χ0v) is 15.6. The fourth-order valence-electron chi connectivity index (χ4n) is 3.93. The van der Waals surface area contributed by atoms with Gasteiger partial charge in [-0.2, -0.15) is 0 Å². The zero-order valence-electron chi connectivity index (χ0n) is 15.6. The zero-order chi connectivity index (χ0) is 19.8. The van der Waals surface area contributed by atoms with E-state index in [1.54, 1.807) is 6.20 Å². The van der Waals surface area contributed by atoms with Gasteiger partial charge in [0.25, 0.3) is 5.91 Å². The number of aliphatic hydroxyl groups excluding tert-OH is 1. The number of amides is 4. The first-order valence-corrected chi connectivity index (χ1v) is 9.28. The van der Waals surface area contributed by atoms with Gasteiger partial charge in [0.2, 0.25) is 5.91 Å². The summed E-state index contributed by atoms with van der Waals surface area (Å²) in [5, 5.41) is 11.5. The van der Waals surface area contributed by atoms with Crippen molar-refractivity contribution in [3.05, 3.63) is 42.1 Å². The standard InChI is InChI=1S/C20H22N4O4/c1-22-11-19(27)24(20(22)28)12-18(26)23-9-14(17(25)10-23)8-13-6-7-21-16-5-3-2-4-15(13)16/h2-7,14,17,25H,8-12H2,1H3/t14-,17+/m1/s1. The molecule has 1 N–H and O–H groups in total. The van der Waals surface area contributed by atoms with Crippen LogP contribution in [-0.2, 0) is 16.0 Å². The lowest BCUT2D eigenvalue weighted by Crippen LogP contribution is -2.42. The van der Waals surface area contributed by atoms with E-state index in [1.165, 1.54) is 16.8 Å². The molecule has 1 aromatic heterocycles. The molecule has 0 saturated carbocycles. The van der Waals surface area contributed by atoms with E-state index in [-0.39, 0.29) is 37.4 Å². The molecule has 2 saturated heterocycles. The minimum atomic E-state index is -0.650. The van der Waals surface area contributed by atoms with Crippen LogP contribution in [0.4, 0.5) is 4.79 Å². The number of urea groups is 1. The molecular weight excluding hydrogens is 360 g/mol. The van der Waals surface area contributed by atoms with Crippen LogP contribution in [0.2, 0.25) is 0 Å². The van der Waals surface area contributed by atoms with Crippen LogP contribution in [0.1, 0.15) is 5.56 Å². The van der Waals surface area contributed by atoms with Gasteiger partial charge in [0.1, 0.15) is 13.1 Å². The first-order valence-electron chi connectivity index (χ1n) is 9.28. The number of para-hydroxylation sites is 1. The van der Waals surface area contributed by atoms with Gasteiger partial charge in [-0.05, 0) is 24.1 Å². The molecule has 2 atom stereocenters. The van der Waals surface area contributed by atoms with E-state index in [0.29, 0.717) is 13.0 Å². The fraction of sp³-hybridized carbons (Fsp3) is 0.400. The third kappa shape index (κ3) is 3.31. The highest BCUT2D eigenvalue weighted by Crippen LogP contribution is 2.25. The molecular formula is C20H22N4O4. The quantitative estimate of drug-likeness (QED) is 0.777. The van der Waals surface area contributed by atoms with Crippen molar-refractivity contribution in [2.75, 3.05) is 33.2 Å². The molecule has 3 heterocycles. The minimum Gasteiger partial charge on any atom is -0.391 e. The first-order chi connectivity index (χ1) is 13.4.